The Labute approximate surface area is 97.2 Å². The molecule has 0 aromatic carbocycles. The maximum absolute atomic E-state index is 5.76. The predicted octanol–water partition coefficient (Wildman–Crippen LogP) is 2.68. The minimum atomic E-state index is 0.308. The minimum Gasteiger partial charge on any atom is -0.489 e. The van der Waals surface area contributed by atoms with Crippen LogP contribution >= 0.6 is 0 Å². The molecule has 1 unspecified atom stereocenters. The second kappa shape index (κ2) is 5.30. The number of nitrogens with zero attached hydrogens (tertiary/aromatic N) is 1. The van der Waals surface area contributed by atoms with Gasteiger partial charge in [0, 0.05) is 6.04 Å². The molecule has 1 aliphatic rings. The highest BCUT2D eigenvalue weighted by atomic mass is 16.5. The van der Waals surface area contributed by atoms with E-state index in [1.54, 1.807) is 0 Å². The zero-order chi connectivity index (χ0) is 11.4. The van der Waals surface area contributed by atoms with Gasteiger partial charge in [-0.2, -0.15) is 0 Å². The normalized spacial score (nSPS) is 17.9. The topological polar surface area (TPSA) is 34.1 Å². The summed E-state index contributed by atoms with van der Waals surface area (Å²) in [4.78, 5) is 4.42. The molecule has 88 valence electrons. The van der Waals surface area contributed by atoms with Gasteiger partial charge in [0.15, 0.2) is 0 Å². The zero-order valence-corrected chi connectivity index (χ0v) is 10.1. The minimum absolute atomic E-state index is 0.308. The van der Waals surface area contributed by atoms with Crippen molar-refractivity contribution in [2.24, 2.45) is 0 Å². The lowest BCUT2D eigenvalue weighted by Gasteiger charge is -2.26. The fourth-order valence-electron chi connectivity index (χ4n) is 1.81. The van der Waals surface area contributed by atoms with Gasteiger partial charge in [-0.15, -0.1) is 0 Å². The average molecular weight is 220 g/mol. The van der Waals surface area contributed by atoms with Crippen LogP contribution in [0.5, 0.6) is 5.75 Å². The molecule has 1 fully saturated rings. The molecule has 1 atom stereocenters. The monoisotopic (exact) mass is 220 g/mol. The van der Waals surface area contributed by atoms with E-state index in [2.05, 4.69) is 24.1 Å². The van der Waals surface area contributed by atoms with E-state index >= 15 is 0 Å². The molecular weight excluding hydrogens is 200 g/mol. The van der Waals surface area contributed by atoms with E-state index in [1.807, 2.05) is 18.3 Å². The van der Waals surface area contributed by atoms with E-state index in [4.69, 9.17) is 4.74 Å². The highest BCUT2D eigenvalue weighted by molar-refractivity contribution is 5.21. The van der Waals surface area contributed by atoms with Crippen LogP contribution in [-0.4, -0.2) is 17.6 Å². The van der Waals surface area contributed by atoms with E-state index in [9.17, 15) is 0 Å². The molecule has 0 aliphatic heterocycles. The zero-order valence-electron chi connectivity index (χ0n) is 10.1. The van der Waals surface area contributed by atoms with Crippen molar-refractivity contribution in [3.05, 3.63) is 24.0 Å². The number of aromatic nitrogens is 1. The number of rotatable bonds is 5. The van der Waals surface area contributed by atoms with Crippen LogP contribution < -0.4 is 10.1 Å². The van der Waals surface area contributed by atoms with Crippen molar-refractivity contribution in [1.82, 2.24) is 10.3 Å². The van der Waals surface area contributed by atoms with Gasteiger partial charge in [0.25, 0.3) is 0 Å². The van der Waals surface area contributed by atoms with Gasteiger partial charge in [0.2, 0.25) is 0 Å². The van der Waals surface area contributed by atoms with Crippen LogP contribution in [0.4, 0.5) is 0 Å². The summed E-state index contributed by atoms with van der Waals surface area (Å²) in [6.45, 7) is 5.19. The molecule has 1 saturated carbocycles. The summed E-state index contributed by atoms with van der Waals surface area (Å²) in [5.41, 5.74) is 1.07. The Hall–Kier alpha value is -1.09. The van der Waals surface area contributed by atoms with Crippen LogP contribution in [0.25, 0.3) is 0 Å². The fraction of sp³-hybridized carbons (Fsp3) is 0.615. The molecule has 16 heavy (non-hydrogen) atoms. The molecule has 1 aliphatic carbocycles. The number of nitrogens with one attached hydrogen (secondary N) is 1. The molecule has 1 aromatic heterocycles. The van der Waals surface area contributed by atoms with Crippen LogP contribution in [-0.2, 0) is 0 Å². The largest absolute Gasteiger partial charge is 0.489 e. The number of ether oxygens (including phenoxy) is 1. The maximum Gasteiger partial charge on any atom is 0.138 e. The van der Waals surface area contributed by atoms with Crippen LogP contribution in [0.3, 0.4) is 0 Å². The first-order valence-electron chi connectivity index (χ1n) is 6.15. The Morgan fingerprint density at radius 2 is 2.31 bits per heavy atom. The standard InChI is InChI=1S/C13H20N2O/c1-3-14-10(2)13-8-7-12(9-15-13)16-11-5-4-6-11/h7-11,14H,3-6H2,1-2H3. The van der Waals surface area contributed by atoms with Crippen molar-refractivity contribution >= 4 is 0 Å². The smallest absolute Gasteiger partial charge is 0.138 e. The van der Waals surface area contributed by atoms with Gasteiger partial charge in [0.05, 0.1) is 18.0 Å². The summed E-state index contributed by atoms with van der Waals surface area (Å²) in [6.07, 6.45) is 5.94. The molecule has 1 heterocycles. The van der Waals surface area contributed by atoms with Crippen LogP contribution in [0, 0.1) is 0 Å². The van der Waals surface area contributed by atoms with Gasteiger partial charge in [0.1, 0.15) is 5.75 Å². The molecule has 3 heteroatoms. The van der Waals surface area contributed by atoms with E-state index < -0.39 is 0 Å². The molecule has 2 rings (SSSR count). The number of hydrogen-bond acceptors (Lipinski definition) is 3. The van der Waals surface area contributed by atoms with Crippen molar-refractivity contribution in [2.45, 2.75) is 45.3 Å². The summed E-state index contributed by atoms with van der Waals surface area (Å²) in [5.74, 6) is 0.900. The van der Waals surface area contributed by atoms with Gasteiger partial charge in [-0.05, 0) is 44.9 Å². The third-order valence-electron chi connectivity index (χ3n) is 3.07. The van der Waals surface area contributed by atoms with E-state index in [0.717, 1.165) is 18.0 Å². The molecule has 0 saturated heterocycles. The Kier molecular flexibility index (Phi) is 3.78. The summed E-state index contributed by atoms with van der Waals surface area (Å²) in [6, 6.07) is 4.37. The first kappa shape index (κ1) is 11.4. The first-order valence-corrected chi connectivity index (χ1v) is 6.15. The van der Waals surface area contributed by atoms with Crippen LogP contribution in [0.1, 0.15) is 44.8 Å². The van der Waals surface area contributed by atoms with Crippen molar-refractivity contribution in [2.75, 3.05) is 6.54 Å². The van der Waals surface area contributed by atoms with Crippen molar-refractivity contribution in [3.63, 3.8) is 0 Å². The van der Waals surface area contributed by atoms with Gasteiger partial charge in [-0.3, -0.25) is 4.98 Å². The van der Waals surface area contributed by atoms with E-state index in [0.29, 0.717) is 12.1 Å². The average Bonchev–Trinajstić information content (AvgIpc) is 2.25. The summed E-state index contributed by atoms with van der Waals surface area (Å²) in [5, 5.41) is 3.34. The van der Waals surface area contributed by atoms with Gasteiger partial charge in [-0.1, -0.05) is 6.92 Å². The lowest BCUT2D eigenvalue weighted by Crippen LogP contribution is -2.24. The first-order chi connectivity index (χ1) is 7.79. The lowest BCUT2D eigenvalue weighted by molar-refractivity contribution is 0.120. The molecule has 0 radical (unpaired) electrons. The third-order valence-corrected chi connectivity index (χ3v) is 3.07. The highest BCUT2D eigenvalue weighted by Crippen LogP contribution is 2.25. The second-order valence-electron chi connectivity index (χ2n) is 4.37. The molecule has 1 N–H and O–H groups in total. The van der Waals surface area contributed by atoms with Crippen molar-refractivity contribution in [3.8, 4) is 5.75 Å². The van der Waals surface area contributed by atoms with Gasteiger partial charge in [-0.25, -0.2) is 0 Å². The number of hydrogen-bond donors (Lipinski definition) is 1. The highest BCUT2D eigenvalue weighted by Gasteiger charge is 2.19. The SMILES string of the molecule is CCNC(C)c1ccc(OC2CCC2)cn1. The Bertz CT molecular complexity index is 319. The van der Waals surface area contributed by atoms with Crippen LogP contribution in [0.15, 0.2) is 18.3 Å². The summed E-state index contributed by atoms with van der Waals surface area (Å²) >= 11 is 0. The maximum atomic E-state index is 5.76. The summed E-state index contributed by atoms with van der Waals surface area (Å²) in [7, 11) is 0. The number of pyridine rings is 1. The van der Waals surface area contributed by atoms with E-state index in [1.165, 1.54) is 19.3 Å². The van der Waals surface area contributed by atoms with Crippen LogP contribution in [0.2, 0.25) is 0 Å². The molecule has 0 amide bonds. The molecule has 0 spiro atoms. The molecule has 1 aromatic rings. The lowest BCUT2D eigenvalue weighted by atomic mass is 9.96. The Morgan fingerprint density at radius 1 is 1.50 bits per heavy atom. The molecule has 0 bridgehead atoms. The predicted molar refractivity (Wildman–Crippen MR) is 64.6 cm³/mol. The van der Waals surface area contributed by atoms with Gasteiger partial charge >= 0.3 is 0 Å². The quantitative estimate of drug-likeness (QED) is 0.828. The van der Waals surface area contributed by atoms with E-state index in [-0.39, 0.29) is 0 Å². The molecule has 3 nitrogen and oxygen atoms in total. The third kappa shape index (κ3) is 2.73. The second-order valence-corrected chi connectivity index (χ2v) is 4.37. The van der Waals surface area contributed by atoms with Crippen molar-refractivity contribution in [1.29, 1.82) is 0 Å². The Morgan fingerprint density at radius 3 is 2.81 bits per heavy atom. The molecular formula is C13H20N2O. The fourth-order valence-corrected chi connectivity index (χ4v) is 1.81. The Balaban J connectivity index is 1.92. The van der Waals surface area contributed by atoms with Crippen molar-refractivity contribution < 1.29 is 4.74 Å². The van der Waals surface area contributed by atoms with Gasteiger partial charge < -0.3 is 10.1 Å². The summed E-state index contributed by atoms with van der Waals surface area (Å²) < 4.78 is 5.76.